The maximum absolute atomic E-state index is 12.3. The SMILES string of the molecule is CC(C)(C)OC(=O)N1CC2CCC(C1)N2c1ncc(C(=O)O)cn1. The molecule has 0 radical (unpaired) electrons. The Balaban J connectivity index is 1.72. The molecule has 8 heteroatoms. The van der Waals surface area contributed by atoms with Gasteiger partial charge in [-0.25, -0.2) is 19.6 Å². The van der Waals surface area contributed by atoms with Crippen LogP contribution in [0.3, 0.4) is 0 Å². The summed E-state index contributed by atoms with van der Waals surface area (Å²) in [6.07, 6.45) is 4.26. The van der Waals surface area contributed by atoms with Crippen LogP contribution in [0.2, 0.25) is 0 Å². The molecule has 2 unspecified atom stereocenters. The molecule has 0 saturated carbocycles. The number of ether oxygens (including phenoxy) is 1. The van der Waals surface area contributed by atoms with Gasteiger partial charge in [-0.1, -0.05) is 0 Å². The van der Waals surface area contributed by atoms with Crippen LogP contribution in [-0.4, -0.2) is 62.8 Å². The quantitative estimate of drug-likeness (QED) is 0.880. The molecule has 3 rings (SSSR count). The number of anilines is 1. The van der Waals surface area contributed by atoms with Crippen LogP contribution in [0.25, 0.3) is 0 Å². The van der Waals surface area contributed by atoms with E-state index in [-0.39, 0.29) is 23.7 Å². The smallest absolute Gasteiger partial charge is 0.410 e. The van der Waals surface area contributed by atoms with Crippen LogP contribution in [0.15, 0.2) is 12.4 Å². The summed E-state index contributed by atoms with van der Waals surface area (Å²) in [6.45, 7) is 6.69. The Morgan fingerprint density at radius 1 is 1.17 bits per heavy atom. The van der Waals surface area contributed by atoms with E-state index in [9.17, 15) is 9.59 Å². The number of carboxylic acids is 1. The van der Waals surface area contributed by atoms with Gasteiger partial charge in [0, 0.05) is 25.5 Å². The highest BCUT2D eigenvalue weighted by molar-refractivity contribution is 5.86. The van der Waals surface area contributed by atoms with Crippen molar-refractivity contribution in [2.75, 3.05) is 18.0 Å². The monoisotopic (exact) mass is 334 g/mol. The van der Waals surface area contributed by atoms with E-state index in [1.165, 1.54) is 12.4 Å². The Bertz CT molecular complexity index is 626. The molecule has 0 aliphatic carbocycles. The molecule has 1 aromatic rings. The first-order valence-electron chi connectivity index (χ1n) is 8.06. The molecule has 2 aliphatic rings. The Hall–Kier alpha value is -2.38. The molecule has 24 heavy (non-hydrogen) atoms. The number of fused-ring (bicyclic) bond motifs is 2. The number of piperazine rings is 1. The molecular formula is C16H22N4O4. The third-order valence-corrected chi connectivity index (χ3v) is 4.25. The van der Waals surface area contributed by atoms with Gasteiger partial charge >= 0.3 is 12.1 Å². The average molecular weight is 334 g/mol. The Morgan fingerprint density at radius 3 is 2.17 bits per heavy atom. The van der Waals surface area contributed by atoms with Gasteiger partial charge in [-0.05, 0) is 33.6 Å². The van der Waals surface area contributed by atoms with E-state index < -0.39 is 11.6 Å². The lowest BCUT2D eigenvalue weighted by Crippen LogP contribution is -2.56. The third kappa shape index (κ3) is 3.27. The minimum atomic E-state index is -1.04. The Morgan fingerprint density at radius 2 is 1.71 bits per heavy atom. The van der Waals surface area contributed by atoms with Gasteiger partial charge in [0.25, 0.3) is 0 Å². The van der Waals surface area contributed by atoms with Gasteiger partial charge in [0.1, 0.15) is 5.60 Å². The van der Waals surface area contributed by atoms with Gasteiger partial charge in [0.15, 0.2) is 0 Å². The number of aromatic nitrogens is 2. The van der Waals surface area contributed by atoms with Crippen LogP contribution >= 0.6 is 0 Å². The van der Waals surface area contributed by atoms with E-state index >= 15 is 0 Å². The second kappa shape index (κ2) is 5.92. The molecule has 3 heterocycles. The molecule has 0 spiro atoms. The summed E-state index contributed by atoms with van der Waals surface area (Å²) in [7, 11) is 0. The number of rotatable bonds is 2. The summed E-state index contributed by atoms with van der Waals surface area (Å²) < 4.78 is 5.46. The summed E-state index contributed by atoms with van der Waals surface area (Å²) >= 11 is 0. The fourth-order valence-electron chi connectivity index (χ4n) is 3.27. The minimum absolute atomic E-state index is 0.0680. The van der Waals surface area contributed by atoms with Gasteiger partial charge in [0.2, 0.25) is 5.95 Å². The van der Waals surface area contributed by atoms with Crippen molar-refractivity contribution < 1.29 is 19.4 Å². The van der Waals surface area contributed by atoms with Crippen LogP contribution in [0, 0.1) is 0 Å². The molecule has 2 aliphatic heterocycles. The first-order valence-corrected chi connectivity index (χ1v) is 8.06. The van der Waals surface area contributed by atoms with Crippen molar-refractivity contribution in [2.45, 2.75) is 51.3 Å². The molecule has 2 saturated heterocycles. The topological polar surface area (TPSA) is 95.9 Å². The second-order valence-corrected chi connectivity index (χ2v) is 7.25. The zero-order chi connectivity index (χ0) is 17.5. The van der Waals surface area contributed by atoms with E-state index in [4.69, 9.17) is 9.84 Å². The number of hydrogen-bond donors (Lipinski definition) is 1. The molecule has 1 N–H and O–H groups in total. The van der Waals surface area contributed by atoms with Crippen LogP contribution in [0.1, 0.15) is 44.0 Å². The van der Waals surface area contributed by atoms with Crippen LogP contribution in [0.5, 0.6) is 0 Å². The van der Waals surface area contributed by atoms with E-state index in [2.05, 4.69) is 14.9 Å². The normalized spacial score (nSPS) is 23.3. The van der Waals surface area contributed by atoms with Crippen molar-refractivity contribution in [3.63, 3.8) is 0 Å². The maximum atomic E-state index is 12.3. The van der Waals surface area contributed by atoms with Crippen LogP contribution < -0.4 is 4.90 Å². The Labute approximate surface area is 140 Å². The minimum Gasteiger partial charge on any atom is -0.478 e. The highest BCUT2D eigenvalue weighted by atomic mass is 16.6. The summed E-state index contributed by atoms with van der Waals surface area (Å²) in [5, 5.41) is 8.94. The molecule has 1 aromatic heterocycles. The van der Waals surface area contributed by atoms with Crippen molar-refractivity contribution in [2.24, 2.45) is 0 Å². The van der Waals surface area contributed by atoms with E-state index in [1.54, 1.807) is 4.90 Å². The van der Waals surface area contributed by atoms with E-state index in [0.717, 1.165) is 12.8 Å². The molecule has 8 nitrogen and oxygen atoms in total. The number of amides is 1. The molecular weight excluding hydrogens is 312 g/mol. The summed E-state index contributed by atoms with van der Waals surface area (Å²) in [6, 6.07) is 0.263. The molecule has 2 fully saturated rings. The first-order chi connectivity index (χ1) is 11.2. The summed E-state index contributed by atoms with van der Waals surface area (Å²) in [5.74, 6) is -0.518. The number of hydrogen-bond acceptors (Lipinski definition) is 6. The van der Waals surface area contributed by atoms with Crippen molar-refractivity contribution in [1.29, 1.82) is 0 Å². The average Bonchev–Trinajstić information content (AvgIpc) is 2.75. The number of nitrogens with zero attached hydrogens (tertiary/aromatic N) is 4. The van der Waals surface area contributed by atoms with Crippen molar-refractivity contribution in [3.8, 4) is 0 Å². The zero-order valence-corrected chi connectivity index (χ0v) is 14.1. The summed E-state index contributed by atoms with van der Waals surface area (Å²) in [5.41, 5.74) is -0.443. The highest BCUT2D eigenvalue weighted by Gasteiger charge is 2.43. The third-order valence-electron chi connectivity index (χ3n) is 4.25. The molecule has 2 bridgehead atoms. The van der Waals surface area contributed by atoms with E-state index in [1.807, 2.05) is 20.8 Å². The van der Waals surface area contributed by atoms with Gasteiger partial charge < -0.3 is 19.6 Å². The fraction of sp³-hybridized carbons (Fsp3) is 0.625. The standard InChI is InChI=1S/C16H22N4O4/c1-16(2,3)24-15(23)19-8-11-4-5-12(9-19)20(11)14-17-6-10(7-18-14)13(21)22/h6-7,11-12H,4-5,8-9H2,1-3H3,(H,21,22). The van der Waals surface area contributed by atoms with Crippen molar-refractivity contribution in [3.05, 3.63) is 18.0 Å². The maximum Gasteiger partial charge on any atom is 0.410 e. The number of likely N-dealkylation sites (tertiary alicyclic amines) is 1. The lowest BCUT2D eigenvalue weighted by atomic mass is 10.2. The lowest BCUT2D eigenvalue weighted by Gasteiger charge is -2.41. The van der Waals surface area contributed by atoms with Crippen LogP contribution in [-0.2, 0) is 4.74 Å². The number of aromatic carboxylic acids is 1. The van der Waals surface area contributed by atoms with Gasteiger partial charge in [-0.15, -0.1) is 0 Å². The predicted molar refractivity (Wildman–Crippen MR) is 86.1 cm³/mol. The van der Waals surface area contributed by atoms with Gasteiger partial charge in [0.05, 0.1) is 17.6 Å². The number of carbonyl (C=O) groups excluding carboxylic acids is 1. The number of carboxylic acid groups (broad SMARTS) is 1. The first kappa shape index (κ1) is 16.5. The molecule has 1 amide bonds. The van der Waals surface area contributed by atoms with Gasteiger partial charge in [-0.2, -0.15) is 0 Å². The van der Waals surface area contributed by atoms with Crippen LogP contribution in [0.4, 0.5) is 10.7 Å². The lowest BCUT2D eigenvalue weighted by molar-refractivity contribution is 0.0208. The second-order valence-electron chi connectivity index (χ2n) is 7.25. The molecule has 130 valence electrons. The molecule has 0 aromatic carbocycles. The fourth-order valence-corrected chi connectivity index (χ4v) is 3.27. The number of carbonyl (C=O) groups is 2. The van der Waals surface area contributed by atoms with Crippen molar-refractivity contribution in [1.82, 2.24) is 14.9 Å². The Kier molecular flexibility index (Phi) is 4.06. The zero-order valence-electron chi connectivity index (χ0n) is 14.1. The van der Waals surface area contributed by atoms with Gasteiger partial charge in [-0.3, -0.25) is 0 Å². The largest absolute Gasteiger partial charge is 0.478 e. The van der Waals surface area contributed by atoms with E-state index in [0.29, 0.717) is 19.0 Å². The molecule has 2 atom stereocenters. The predicted octanol–water partition coefficient (Wildman–Crippen LogP) is 1.76. The van der Waals surface area contributed by atoms with Crippen molar-refractivity contribution >= 4 is 18.0 Å². The highest BCUT2D eigenvalue weighted by Crippen LogP contribution is 2.33. The summed E-state index contributed by atoms with van der Waals surface area (Å²) in [4.78, 5) is 35.4.